The fraction of sp³-hybridized carbons (Fsp3) is 0.686. The zero-order valence-corrected chi connectivity index (χ0v) is 39.5. The van der Waals surface area contributed by atoms with Crippen LogP contribution in [0.3, 0.4) is 0 Å². The minimum atomic E-state index is -4.39. The van der Waals surface area contributed by atoms with E-state index >= 15 is 0 Å². The average molecular weight is 874 g/mol. The van der Waals surface area contributed by atoms with Gasteiger partial charge in [0.05, 0.1) is 13.2 Å². The van der Waals surface area contributed by atoms with Gasteiger partial charge >= 0.3 is 19.8 Å². The molecule has 2 unspecified atom stereocenters. The van der Waals surface area contributed by atoms with Crippen molar-refractivity contribution < 1.29 is 37.6 Å². The summed E-state index contributed by atoms with van der Waals surface area (Å²) in [4.78, 5) is 35.0. The number of carbonyl (C=O) groups is 2. The number of phosphoric ester groups is 1. The number of ether oxygens (including phenoxy) is 2. The molecule has 0 aliphatic rings. The predicted octanol–water partition coefficient (Wildman–Crippen LogP) is 14.4. The first-order valence-electron chi connectivity index (χ1n) is 24.1. The van der Waals surface area contributed by atoms with E-state index in [2.05, 4.69) is 98.9 Å². The molecule has 0 aliphatic carbocycles. The molecular weight excluding hydrogens is 786 g/mol. The molecule has 0 bridgehead atoms. The van der Waals surface area contributed by atoms with Crippen LogP contribution in [-0.4, -0.2) is 49.3 Å². The first kappa shape index (κ1) is 58.2. The lowest BCUT2D eigenvalue weighted by molar-refractivity contribution is -0.161. The van der Waals surface area contributed by atoms with Crippen LogP contribution in [0.1, 0.15) is 194 Å². The van der Waals surface area contributed by atoms with Crippen molar-refractivity contribution in [2.24, 2.45) is 5.73 Å². The molecule has 0 aromatic heterocycles. The third-order valence-corrected chi connectivity index (χ3v) is 10.8. The van der Waals surface area contributed by atoms with Gasteiger partial charge in [-0.2, -0.15) is 0 Å². The second-order valence-electron chi connectivity index (χ2n) is 15.6. The molecule has 0 heterocycles. The van der Waals surface area contributed by atoms with E-state index in [-0.39, 0.29) is 32.6 Å². The quantitative estimate of drug-likeness (QED) is 0.0265. The Balaban J connectivity index is 4.07. The van der Waals surface area contributed by atoms with Crippen LogP contribution in [0.4, 0.5) is 0 Å². The summed E-state index contributed by atoms with van der Waals surface area (Å²) >= 11 is 0. The molecule has 0 spiro atoms. The lowest BCUT2D eigenvalue weighted by atomic mass is 10.0. The molecule has 0 radical (unpaired) electrons. The molecule has 0 saturated heterocycles. The van der Waals surface area contributed by atoms with Crippen LogP contribution < -0.4 is 5.73 Å². The van der Waals surface area contributed by atoms with E-state index in [4.69, 9.17) is 24.3 Å². The molecule has 10 heteroatoms. The van der Waals surface area contributed by atoms with E-state index in [1.54, 1.807) is 0 Å². The monoisotopic (exact) mass is 874 g/mol. The van der Waals surface area contributed by atoms with Gasteiger partial charge in [0.1, 0.15) is 6.61 Å². The van der Waals surface area contributed by atoms with Crippen LogP contribution in [-0.2, 0) is 32.7 Å². The van der Waals surface area contributed by atoms with Crippen molar-refractivity contribution >= 4 is 19.8 Å². The minimum Gasteiger partial charge on any atom is -0.462 e. The number of phosphoric acid groups is 1. The maximum atomic E-state index is 12.6. The van der Waals surface area contributed by atoms with Gasteiger partial charge in [-0.3, -0.25) is 18.6 Å². The molecule has 3 N–H and O–H groups in total. The van der Waals surface area contributed by atoms with Gasteiger partial charge in [0, 0.05) is 19.4 Å². The van der Waals surface area contributed by atoms with Gasteiger partial charge in [0.15, 0.2) is 6.10 Å². The zero-order valence-electron chi connectivity index (χ0n) is 38.6. The lowest BCUT2D eigenvalue weighted by Gasteiger charge is -2.19. The van der Waals surface area contributed by atoms with Crippen LogP contribution >= 0.6 is 7.82 Å². The Hall–Kier alpha value is -2.81. The Labute approximate surface area is 373 Å². The number of nitrogens with two attached hydrogens (primary N) is 1. The molecule has 0 rings (SSSR count). The van der Waals surface area contributed by atoms with Crippen LogP contribution in [0, 0.1) is 0 Å². The summed E-state index contributed by atoms with van der Waals surface area (Å²) in [7, 11) is -4.39. The van der Waals surface area contributed by atoms with Gasteiger partial charge in [0.25, 0.3) is 0 Å². The molecule has 0 aromatic rings. The molecule has 61 heavy (non-hydrogen) atoms. The van der Waals surface area contributed by atoms with Crippen LogP contribution in [0.15, 0.2) is 85.1 Å². The van der Waals surface area contributed by atoms with E-state index in [1.165, 1.54) is 57.8 Å². The highest BCUT2D eigenvalue weighted by molar-refractivity contribution is 7.47. The topological polar surface area (TPSA) is 134 Å². The molecular formula is C51H88NO8P. The van der Waals surface area contributed by atoms with Gasteiger partial charge in [-0.1, -0.05) is 182 Å². The van der Waals surface area contributed by atoms with Crippen LogP contribution in [0.5, 0.6) is 0 Å². The Morgan fingerprint density at radius 2 is 0.852 bits per heavy atom. The predicted molar refractivity (Wildman–Crippen MR) is 256 cm³/mol. The van der Waals surface area contributed by atoms with Crippen molar-refractivity contribution in [3.63, 3.8) is 0 Å². The Bertz CT molecular complexity index is 1270. The Morgan fingerprint density at radius 3 is 1.26 bits per heavy atom. The van der Waals surface area contributed by atoms with E-state index in [0.29, 0.717) is 12.8 Å². The fourth-order valence-corrected chi connectivity index (χ4v) is 7.05. The molecule has 9 nitrogen and oxygen atoms in total. The number of rotatable bonds is 44. The molecule has 0 aliphatic heterocycles. The van der Waals surface area contributed by atoms with E-state index in [0.717, 1.165) is 96.3 Å². The van der Waals surface area contributed by atoms with Crippen LogP contribution in [0.2, 0.25) is 0 Å². The molecule has 0 amide bonds. The van der Waals surface area contributed by atoms with Gasteiger partial charge in [-0.05, 0) is 83.5 Å². The summed E-state index contributed by atoms with van der Waals surface area (Å²) in [6, 6.07) is 0. The first-order valence-corrected chi connectivity index (χ1v) is 25.6. The van der Waals surface area contributed by atoms with Gasteiger partial charge in [-0.15, -0.1) is 0 Å². The van der Waals surface area contributed by atoms with E-state index < -0.39 is 32.5 Å². The number of unbranched alkanes of at least 4 members (excludes halogenated alkanes) is 17. The van der Waals surface area contributed by atoms with Crippen molar-refractivity contribution in [2.75, 3.05) is 26.4 Å². The maximum Gasteiger partial charge on any atom is 0.472 e. The molecule has 2 atom stereocenters. The highest BCUT2D eigenvalue weighted by atomic mass is 31.2. The largest absolute Gasteiger partial charge is 0.472 e. The maximum absolute atomic E-state index is 12.6. The summed E-state index contributed by atoms with van der Waals surface area (Å²) in [5.41, 5.74) is 5.36. The number of hydrogen-bond donors (Lipinski definition) is 2. The summed E-state index contributed by atoms with van der Waals surface area (Å²) < 4.78 is 32.9. The number of allylic oxidation sites excluding steroid dienone is 14. The molecule has 0 fully saturated rings. The molecule has 0 aromatic carbocycles. The SMILES string of the molecule is CC/C=C\C/C=C\C/C=C\C/C=C\CCCCCCCCCCCCCCC(=O)OC(COC(=O)CCCCCCC/C=C\C/C=C\C/C=C\CC)COP(=O)(O)OCCN. The third kappa shape index (κ3) is 46.5. The zero-order chi connectivity index (χ0) is 44.6. The van der Waals surface area contributed by atoms with Crippen molar-refractivity contribution in [2.45, 2.75) is 200 Å². The smallest absolute Gasteiger partial charge is 0.462 e. The van der Waals surface area contributed by atoms with Crippen molar-refractivity contribution in [3.8, 4) is 0 Å². The summed E-state index contributed by atoms with van der Waals surface area (Å²) in [6.07, 6.45) is 59.0. The van der Waals surface area contributed by atoms with Crippen molar-refractivity contribution in [3.05, 3.63) is 85.1 Å². The summed E-state index contributed by atoms with van der Waals surface area (Å²) in [5.74, 6) is -0.854. The first-order chi connectivity index (χ1) is 29.8. The van der Waals surface area contributed by atoms with Gasteiger partial charge in [0.2, 0.25) is 0 Å². The average Bonchev–Trinajstić information content (AvgIpc) is 3.25. The van der Waals surface area contributed by atoms with Crippen molar-refractivity contribution in [1.29, 1.82) is 0 Å². The summed E-state index contributed by atoms with van der Waals surface area (Å²) in [5, 5.41) is 0. The Morgan fingerprint density at radius 1 is 0.492 bits per heavy atom. The Kier molecular flexibility index (Phi) is 44.5. The number of carbonyl (C=O) groups excluding carboxylic acids is 2. The third-order valence-electron chi connectivity index (χ3n) is 9.78. The summed E-state index contributed by atoms with van der Waals surface area (Å²) in [6.45, 7) is 3.48. The molecule has 0 saturated carbocycles. The fourth-order valence-electron chi connectivity index (χ4n) is 6.29. The van der Waals surface area contributed by atoms with E-state index in [9.17, 15) is 19.0 Å². The van der Waals surface area contributed by atoms with E-state index in [1.807, 2.05) is 0 Å². The second kappa shape index (κ2) is 46.7. The van der Waals surface area contributed by atoms with Crippen LogP contribution in [0.25, 0.3) is 0 Å². The highest BCUT2D eigenvalue weighted by Gasteiger charge is 2.26. The van der Waals surface area contributed by atoms with Gasteiger partial charge in [-0.25, -0.2) is 4.57 Å². The second-order valence-corrected chi connectivity index (χ2v) is 17.0. The number of hydrogen-bond acceptors (Lipinski definition) is 8. The lowest BCUT2D eigenvalue weighted by Crippen LogP contribution is -2.29. The standard InChI is InChI=1S/C51H88NO8P/c1-3-5-7-9-11-13-15-17-19-20-21-22-23-24-25-26-27-28-30-32-34-36-38-40-42-44-51(54)60-49(48-59-61(55,56)58-46-45-52)47-57-50(53)43-41-39-37-35-33-31-29-18-16-14-12-10-8-6-4-2/h5-8,11-14,17-19,21-22,29,49H,3-4,9-10,15-16,20,23-28,30-48,52H2,1-2H3,(H,55,56)/b7-5-,8-6-,13-11-,14-12-,19-17-,22-21-,29-18-. The number of esters is 2. The normalized spacial score (nSPS) is 14.0. The minimum absolute atomic E-state index is 0.0467. The highest BCUT2D eigenvalue weighted by Crippen LogP contribution is 2.43. The molecule has 350 valence electrons. The van der Waals surface area contributed by atoms with Gasteiger partial charge < -0.3 is 20.1 Å². The van der Waals surface area contributed by atoms with Crippen molar-refractivity contribution in [1.82, 2.24) is 0 Å².